The molecule has 0 spiro atoms. The minimum atomic E-state index is -0.485. The van der Waals surface area contributed by atoms with Gasteiger partial charge in [-0.05, 0) is 31.4 Å². The van der Waals surface area contributed by atoms with Crippen LogP contribution in [0.25, 0.3) is 0 Å². The highest BCUT2D eigenvalue weighted by molar-refractivity contribution is 5.95. The van der Waals surface area contributed by atoms with E-state index in [9.17, 15) is 14.9 Å². The fourth-order valence-corrected chi connectivity index (χ4v) is 2.88. The van der Waals surface area contributed by atoms with Crippen LogP contribution in [0, 0.1) is 17.0 Å². The standard InChI is InChI=1S/C15H21N3O4/c1-10-5-11(7-12(6-10)18(20)21)15(19)17-4-3-14(22-2)8-13(17)9-16/h5-7,13-14H,3-4,8-9,16H2,1-2H3/t13-,14-/m0/s1. The summed E-state index contributed by atoms with van der Waals surface area (Å²) in [6.45, 7) is 2.63. The summed E-state index contributed by atoms with van der Waals surface area (Å²) in [5.41, 5.74) is 6.73. The number of aryl methyl sites for hydroxylation is 1. The lowest BCUT2D eigenvalue weighted by atomic mass is 9.97. The van der Waals surface area contributed by atoms with Crippen LogP contribution >= 0.6 is 0 Å². The van der Waals surface area contributed by atoms with Crippen LogP contribution in [0.2, 0.25) is 0 Å². The Hall–Kier alpha value is -1.99. The molecule has 7 heteroatoms. The molecule has 2 atom stereocenters. The van der Waals surface area contributed by atoms with Crippen LogP contribution < -0.4 is 5.73 Å². The van der Waals surface area contributed by atoms with Gasteiger partial charge in [0.1, 0.15) is 0 Å². The quantitative estimate of drug-likeness (QED) is 0.671. The number of ether oxygens (including phenoxy) is 1. The molecule has 0 bridgehead atoms. The van der Waals surface area contributed by atoms with Gasteiger partial charge >= 0.3 is 0 Å². The second-order valence-corrected chi connectivity index (χ2v) is 5.58. The van der Waals surface area contributed by atoms with E-state index < -0.39 is 4.92 Å². The van der Waals surface area contributed by atoms with Crippen LogP contribution in [0.1, 0.15) is 28.8 Å². The Bertz CT molecular complexity index is 576. The molecule has 0 unspecified atom stereocenters. The third kappa shape index (κ3) is 3.42. The predicted octanol–water partition coefficient (Wildman–Crippen LogP) is 1.48. The van der Waals surface area contributed by atoms with E-state index in [2.05, 4.69) is 0 Å². The van der Waals surface area contributed by atoms with E-state index in [0.29, 0.717) is 30.6 Å². The third-order valence-corrected chi connectivity index (χ3v) is 4.05. The molecule has 1 amide bonds. The molecular formula is C15H21N3O4. The van der Waals surface area contributed by atoms with E-state index in [0.717, 1.165) is 6.42 Å². The van der Waals surface area contributed by atoms with Crippen molar-refractivity contribution in [3.05, 3.63) is 39.4 Å². The first-order valence-corrected chi connectivity index (χ1v) is 7.26. The van der Waals surface area contributed by atoms with Crippen LogP contribution in [-0.4, -0.2) is 48.1 Å². The molecule has 0 saturated carbocycles. The third-order valence-electron chi connectivity index (χ3n) is 4.05. The van der Waals surface area contributed by atoms with Gasteiger partial charge in [0.15, 0.2) is 0 Å². The van der Waals surface area contributed by atoms with Gasteiger partial charge in [-0.1, -0.05) is 0 Å². The Labute approximate surface area is 129 Å². The van der Waals surface area contributed by atoms with E-state index in [-0.39, 0.29) is 23.7 Å². The topological polar surface area (TPSA) is 98.7 Å². The number of nitro groups is 1. The Morgan fingerprint density at radius 2 is 2.23 bits per heavy atom. The van der Waals surface area contributed by atoms with Crippen molar-refractivity contribution in [2.75, 3.05) is 20.2 Å². The summed E-state index contributed by atoms with van der Waals surface area (Å²) in [7, 11) is 1.65. The average molecular weight is 307 g/mol. The first-order chi connectivity index (χ1) is 10.5. The Morgan fingerprint density at radius 3 is 2.82 bits per heavy atom. The van der Waals surface area contributed by atoms with Gasteiger partial charge < -0.3 is 15.4 Å². The number of methoxy groups -OCH3 is 1. The molecule has 2 N–H and O–H groups in total. The highest BCUT2D eigenvalue weighted by Crippen LogP contribution is 2.24. The molecule has 1 aromatic carbocycles. The van der Waals surface area contributed by atoms with Crippen molar-refractivity contribution < 1.29 is 14.5 Å². The van der Waals surface area contributed by atoms with Gasteiger partial charge in [-0.15, -0.1) is 0 Å². The van der Waals surface area contributed by atoms with Crippen LogP contribution in [0.15, 0.2) is 18.2 Å². The summed E-state index contributed by atoms with van der Waals surface area (Å²) in [4.78, 5) is 24.9. The number of carbonyl (C=O) groups is 1. The van der Waals surface area contributed by atoms with Crippen molar-refractivity contribution in [3.8, 4) is 0 Å². The smallest absolute Gasteiger partial charge is 0.270 e. The number of amides is 1. The van der Waals surface area contributed by atoms with Gasteiger partial charge in [0.2, 0.25) is 0 Å². The highest BCUT2D eigenvalue weighted by Gasteiger charge is 2.31. The van der Waals surface area contributed by atoms with Gasteiger partial charge in [-0.3, -0.25) is 14.9 Å². The van der Waals surface area contributed by atoms with E-state index >= 15 is 0 Å². The Balaban J connectivity index is 2.25. The molecule has 1 heterocycles. The molecule has 120 valence electrons. The van der Waals surface area contributed by atoms with E-state index in [1.54, 1.807) is 25.0 Å². The molecule has 1 aromatic rings. The van der Waals surface area contributed by atoms with Gasteiger partial charge in [0.05, 0.1) is 11.0 Å². The number of nitrogens with zero attached hydrogens (tertiary/aromatic N) is 2. The lowest BCUT2D eigenvalue weighted by Crippen LogP contribution is -2.51. The number of nitro benzene ring substituents is 1. The molecule has 1 saturated heterocycles. The first kappa shape index (κ1) is 16.4. The second kappa shape index (κ2) is 6.85. The second-order valence-electron chi connectivity index (χ2n) is 5.58. The summed E-state index contributed by atoms with van der Waals surface area (Å²) in [5.74, 6) is -0.211. The number of hydrogen-bond donors (Lipinski definition) is 1. The molecule has 7 nitrogen and oxygen atoms in total. The summed E-state index contributed by atoms with van der Waals surface area (Å²) in [6.07, 6.45) is 1.53. The van der Waals surface area contributed by atoms with Crippen molar-refractivity contribution in [3.63, 3.8) is 0 Å². The lowest BCUT2D eigenvalue weighted by Gasteiger charge is -2.38. The zero-order valence-corrected chi connectivity index (χ0v) is 12.8. The maximum Gasteiger partial charge on any atom is 0.270 e. The number of likely N-dealkylation sites (tertiary alicyclic amines) is 1. The minimum absolute atomic E-state index is 0.0700. The highest BCUT2D eigenvalue weighted by atomic mass is 16.6. The monoisotopic (exact) mass is 307 g/mol. The predicted molar refractivity (Wildman–Crippen MR) is 81.7 cm³/mol. The van der Waals surface area contributed by atoms with Gasteiger partial charge in [-0.2, -0.15) is 0 Å². The van der Waals surface area contributed by atoms with Crippen molar-refractivity contribution in [1.29, 1.82) is 0 Å². The van der Waals surface area contributed by atoms with Crippen LogP contribution in [0.4, 0.5) is 5.69 Å². The molecular weight excluding hydrogens is 286 g/mol. The largest absolute Gasteiger partial charge is 0.381 e. The fourth-order valence-electron chi connectivity index (χ4n) is 2.88. The molecule has 2 rings (SSSR count). The average Bonchev–Trinajstić information content (AvgIpc) is 2.52. The van der Waals surface area contributed by atoms with Crippen molar-refractivity contribution in [2.45, 2.75) is 31.9 Å². The van der Waals surface area contributed by atoms with Crippen LogP contribution in [0.5, 0.6) is 0 Å². The Morgan fingerprint density at radius 1 is 1.50 bits per heavy atom. The molecule has 0 aromatic heterocycles. The van der Waals surface area contributed by atoms with E-state index in [1.165, 1.54) is 12.1 Å². The van der Waals surface area contributed by atoms with E-state index in [4.69, 9.17) is 10.5 Å². The van der Waals surface area contributed by atoms with Gasteiger partial charge in [-0.25, -0.2) is 0 Å². The Kier molecular flexibility index (Phi) is 5.10. The molecule has 1 aliphatic rings. The van der Waals surface area contributed by atoms with E-state index in [1.807, 2.05) is 0 Å². The summed E-state index contributed by atoms with van der Waals surface area (Å²) >= 11 is 0. The SMILES string of the molecule is CO[C@H]1CCN(C(=O)c2cc(C)cc([N+](=O)[O-])c2)[C@H](CN)C1. The zero-order chi connectivity index (χ0) is 16.3. The number of rotatable bonds is 4. The fraction of sp³-hybridized carbons (Fsp3) is 0.533. The van der Waals surface area contributed by atoms with Crippen LogP contribution in [-0.2, 0) is 4.74 Å². The van der Waals surface area contributed by atoms with Crippen molar-refractivity contribution >= 4 is 11.6 Å². The van der Waals surface area contributed by atoms with Gasteiger partial charge in [0.25, 0.3) is 11.6 Å². The number of non-ortho nitro benzene ring substituents is 1. The maximum atomic E-state index is 12.7. The number of piperidine rings is 1. The number of hydrogen-bond acceptors (Lipinski definition) is 5. The molecule has 0 radical (unpaired) electrons. The molecule has 1 fully saturated rings. The molecule has 22 heavy (non-hydrogen) atoms. The van der Waals surface area contributed by atoms with Crippen molar-refractivity contribution in [2.24, 2.45) is 5.73 Å². The normalized spacial score (nSPS) is 21.7. The number of nitrogens with two attached hydrogens (primary N) is 1. The maximum absolute atomic E-state index is 12.7. The van der Waals surface area contributed by atoms with Gasteiger partial charge in [0, 0.05) is 43.9 Å². The summed E-state index contributed by atoms with van der Waals surface area (Å²) in [6, 6.07) is 4.34. The first-order valence-electron chi connectivity index (χ1n) is 7.26. The van der Waals surface area contributed by atoms with Crippen molar-refractivity contribution in [1.82, 2.24) is 4.90 Å². The zero-order valence-electron chi connectivity index (χ0n) is 12.8. The lowest BCUT2D eigenvalue weighted by molar-refractivity contribution is -0.384. The number of carbonyl (C=O) groups excluding carboxylic acids is 1. The molecule has 0 aliphatic carbocycles. The van der Waals surface area contributed by atoms with Crippen LogP contribution in [0.3, 0.4) is 0 Å². The minimum Gasteiger partial charge on any atom is -0.381 e. The summed E-state index contributed by atoms with van der Waals surface area (Å²) < 4.78 is 5.34. The number of benzene rings is 1. The summed E-state index contributed by atoms with van der Waals surface area (Å²) in [5, 5.41) is 11.0. The molecule has 1 aliphatic heterocycles.